The van der Waals surface area contributed by atoms with E-state index in [1.54, 1.807) is 25.1 Å². The molecular formula is C18H17FN2O4S. The van der Waals surface area contributed by atoms with Crippen LogP contribution in [0, 0.1) is 11.7 Å². The first-order chi connectivity index (χ1) is 12.3. The minimum Gasteiger partial charge on any atom is -0.348 e. The second kappa shape index (κ2) is 6.87. The molecule has 0 radical (unpaired) electrons. The Morgan fingerprint density at radius 2 is 1.85 bits per heavy atom. The van der Waals surface area contributed by atoms with Crippen LogP contribution >= 0.6 is 0 Å². The van der Waals surface area contributed by atoms with Gasteiger partial charge in [0.15, 0.2) is 0 Å². The van der Waals surface area contributed by atoms with E-state index in [1.165, 1.54) is 30.3 Å². The molecule has 1 fully saturated rings. The van der Waals surface area contributed by atoms with Gasteiger partial charge in [-0.2, -0.15) is 0 Å². The fraction of sp³-hybridized carbons (Fsp3) is 0.222. The molecule has 1 aliphatic heterocycles. The maximum Gasteiger partial charge on any atom is 0.251 e. The Morgan fingerprint density at radius 3 is 2.42 bits per heavy atom. The molecule has 3 rings (SSSR count). The van der Waals surface area contributed by atoms with Crippen molar-refractivity contribution >= 4 is 27.5 Å². The SMILES string of the molecule is CC1CS(=O)(=O)N(c2ccc(C(=O)NCc3ccccc3F)cc2)C1=O. The van der Waals surface area contributed by atoms with Gasteiger partial charge in [-0.25, -0.2) is 17.1 Å². The van der Waals surface area contributed by atoms with Crippen molar-refractivity contribution in [2.45, 2.75) is 13.5 Å². The Labute approximate surface area is 150 Å². The predicted molar refractivity (Wildman–Crippen MR) is 94.4 cm³/mol. The summed E-state index contributed by atoms with van der Waals surface area (Å²) in [5.74, 6) is -2.14. The molecule has 1 aliphatic rings. The van der Waals surface area contributed by atoms with Crippen LogP contribution in [0.15, 0.2) is 48.5 Å². The van der Waals surface area contributed by atoms with Crippen molar-refractivity contribution in [1.29, 1.82) is 0 Å². The lowest BCUT2D eigenvalue weighted by Crippen LogP contribution is -2.30. The molecule has 1 heterocycles. The van der Waals surface area contributed by atoms with Gasteiger partial charge in [0, 0.05) is 17.7 Å². The fourth-order valence-corrected chi connectivity index (χ4v) is 4.57. The van der Waals surface area contributed by atoms with E-state index in [-0.39, 0.29) is 23.5 Å². The molecule has 136 valence electrons. The van der Waals surface area contributed by atoms with Crippen LogP contribution in [0.2, 0.25) is 0 Å². The minimum absolute atomic E-state index is 0.0315. The number of nitrogens with one attached hydrogen (secondary N) is 1. The van der Waals surface area contributed by atoms with Gasteiger partial charge in [0.1, 0.15) is 5.82 Å². The topological polar surface area (TPSA) is 83.6 Å². The molecule has 8 heteroatoms. The molecular weight excluding hydrogens is 359 g/mol. The van der Waals surface area contributed by atoms with E-state index in [9.17, 15) is 22.4 Å². The molecule has 2 aromatic rings. The van der Waals surface area contributed by atoms with Gasteiger partial charge < -0.3 is 5.32 Å². The van der Waals surface area contributed by atoms with Crippen LogP contribution in [0.4, 0.5) is 10.1 Å². The molecule has 1 N–H and O–H groups in total. The molecule has 2 amide bonds. The number of rotatable bonds is 4. The third kappa shape index (κ3) is 3.45. The molecule has 0 aliphatic carbocycles. The van der Waals surface area contributed by atoms with Gasteiger partial charge in [0.2, 0.25) is 15.9 Å². The molecule has 2 aromatic carbocycles. The van der Waals surface area contributed by atoms with Crippen molar-refractivity contribution in [3.63, 3.8) is 0 Å². The van der Waals surface area contributed by atoms with E-state index in [4.69, 9.17) is 0 Å². The molecule has 26 heavy (non-hydrogen) atoms. The van der Waals surface area contributed by atoms with E-state index in [2.05, 4.69) is 5.32 Å². The summed E-state index contributed by atoms with van der Waals surface area (Å²) in [5, 5.41) is 2.60. The first-order valence-electron chi connectivity index (χ1n) is 7.98. The first kappa shape index (κ1) is 18.1. The molecule has 0 aromatic heterocycles. The van der Waals surface area contributed by atoms with Gasteiger partial charge in [-0.15, -0.1) is 0 Å². The zero-order chi connectivity index (χ0) is 18.9. The number of nitrogens with zero attached hydrogens (tertiary/aromatic N) is 1. The van der Waals surface area contributed by atoms with E-state index < -0.39 is 33.6 Å². The van der Waals surface area contributed by atoms with Crippen molar-refractivity contribution in [2.24, 2.45) is 5.92 Å². The monoisotopic (exact) mass is 376 g/mol. The standard InChI is InChI=1S/C18H17FN2O4S/c1-12-11-26(24,25)21(18(12)23)15-8-6-13(7-9-15)17(22)20-10-14-4-2-3-5-16(14)19/h2-9,12H,10-11H2,1H3,(H,20,22). The maximum atomic E-state index is 13.6. The Morgan fingerprint density at radius 1 is 1.19 bits per heavy atom. The average Bonchev–Trinajstić information content (AvgIpc) is 2.81. The molecule has 0 spiro atoms. The first-order valence-corrected chi connectivity index (χ1v) is 9.59. The largest absolute Gasteiger partial charge is 0.348 e. The van der Waals surface area contributed by atoms with Crippen molar-refractivity contribution in [2.75, 3.05) is 10.1 Å². The third-order valence-corrected chi connectivity index (χ3v) is 5.99. The molecule has 1 unspecified atom stereocenters. The third-order valence-electron chi connectivity index (χ3n) is 4.12. The van der Waals surface area contributed by atoms with Gasteiger partial charge in [0.05, 0.1) is 17.4 Å². The highest BCUT2D eigenvalue weighted by Crippen LogP contribution is 2.28. The fourth-order valence-electron chi connectivity index (χ4n) is 2.75. The molecule has 1 saturated heterocycles. The van der Waals surface area contributed by atoms with Crippen molar-refractivity contribution in [3.05, 3.63) is 65.5 Å². The van der Waals surface area contributed by atoms with Crippen LogP contribution in [0.5, 0.6) is 0 Å². The molecule has 1 atom stereocenters. The number of carbonyl (C=O) groups is 2. The van der Waals surface area contributed by atoms with Gasteiger partial charge in [-0.05, 0) is 30.3 Å². The van der Waals surface area contributed by atoms with Gasteiger partial charge >= 0.3 is 0 Å². The van der Waals surface area contributed by atoms with E-state index in [0.717, 1.165) is 4.31 Å². The summed E-state index contributed by atoms with van der Waals surface area (Å²) in [6.45, 7) is 1.59. The lowest BCUT2D eigenvalue weighted by atomic mass is 10.1. The highest BCUT2D eigenvalue weighted by Gasteiger charge is 2.41. The number of halogens is 1. The Bertz CT molecular complexity index is 957. The van der Waals surface area contributed by atoms with Gasteiger partial charge in [-0.1, -0.05) is 25.1 Å². The summed E-state index contributed by atoms with van der Waals surface area (Å²) in [5.41, 5.74) is 0.840. The minimum atomic E-state index is -3.68. The Balaban J connectivity index is 1.72. The van der Waals surface area contributed by atoms with Crippen molar-refractivity contribution in [3.8, 4) is 0 Å². The highest BCUT2D eigenvalue weighted by atomic mass is 32.2. The second-order valence-corrected chi connectivity index (χ2v) is 7.97. The van der Waals surface area contributed by atoms with Crippen LogP contribution < -0.4 is 9.62 Å². The zero-order valence-corrected chi connectivity index (χ0v) is 14.8. The summed E-state index contributed by atoms with van der Waals surface area (Å²) in [6, 6.07) is 11.8. The number of anilines is 1. The van der Waals surface area contributed by atoms with Crippen LogP contribution in [0.1, 0.15) is 22.8 Å². The van der Waals surface area contributed by atoms with Crippen LogP contribution in [0.3, 0.4) is 0 Å². The van der Waals surface area contributed by atoms with Crippen molar-refractivity contribution < 1.29 is 22.4 Å². The number of hydrogen-bond donors (Lipinski definition) is 1. The second-order valence-electron chi connectivity index (χ2n) is 6.10. The average molecular weight is 376 g/mol. The summed E-state index contributed by atoms with van der Waals surface area (Å²) >= 11 is 0. The Kier molecular flexibility index (Phi) is 4.78. The predicted octanol–water partition coefficient (Wildman–Crippen LogP) is 2.07. The maximum absolute atomic E-state index is 13.6. The zero-order valence-electron chi connectivity index (χ0n) is 14.0. The smallest absolute Gasteiger partial charge is 0.251 e. The van der Waals surface area contributed by atoms with Crippen LogP contribution in [-0.2, 0) is 21.4 Å². The van der Waals surface area contributed by atoms with Crippen molar-refractivity contribution in [1.82, 2.24) is 5.32 Å². The van der Waals surface area contributed by atoms with Gasteiger partial charge in [-0.3, -0.25) is 9.59 Å². The number of sulfonamides is 1. The summed E-state index contributed by atoms with van der Waals surface area (Å²) < 4.78 is 38.5. The quantitative estimate of drug-likeness (QED) is 0.885. The lowest BCUT2D eigenvalue weighted by Gasteiger charge is -2.15. The number of hydrogen-bond acceptors (Lipinski definition) is 4. The molecule has 6 nitrogen and oxygen atoms in total. The number of amides is 2. The van der Waals surface area contributed by atoms with Gasteiger partial charge in [0.25, 0.3) is 5.91 Å². The van der Waals surface area contributed by atoms with Crippen LogP contribution in [0.25, 0.3) is 0 Å². The summed E-state index contributed by atoms with van der Waals surface area (Å²) in [4.78, 5) is 24.2. The summed E-state index contributed by atoms with van der Waals surface area (Å²) in [7, 11) is -3.68. The van der Waals surface area contributed by atoms with E-state index in [1.807, 2.05) is 0 Å². The Hall–Kier alpha value is -2.74. The summed E-state index contributed by atoms with van der Waals surface area (Å²) in [6.07, 6.45) is 0. The van der Waals surface area contributed by atoms with E-state index >= 15 is 0 Å². The highest BCUT2D eigenvalue weighted by molar-refractivity contribution is 7.94. The molecule has 0 saturated carbocycles. The normalized spacial score (nSPS) is 18.8. The number of benzene rings is 2. The number of carbonyl (C=O) groups excluding carboxylic acids is 2. The van der Waals surface area contributed by atoms with E-state index in [0.29, 0.717) is 5.56 Å². The lowest BCUT2D eigenvalue weighted by molar-refractivity contribution is -0.119. The molecule has 0 bridgehead atoms. The van der Waals surface area contributed by atoms with Crippen LogP contribution in [-0.4, -0.2) is 26.0 Å².